The van der Waals surface area contributed by atoms with Crippen LogP contribution in [0.25, 0.3) is 0 Å². The zero-order valence-electron chi connectivity index (χ0n) is 18.3. The molecular weight excluding hydrogens is 421 g/mol. The highest BCUT2D eigenvalue weighted by Gasteiger charge is 2.32. The van der Waals surface area contributed by atoms with Crippen LogP contribution in [-0.2, 0) is 12.6 Å². The molecule has 0 bridgehead atoms. The minimum atomic E-state index is -4.41. The van der Waals surface area contributed by atoms with Gasteiger partial charge in [0, 0.05) is 43.7 Å². The summed E-state index contributed by atoms with van der Waals surface area (Å²) in [6, 6.07) is 4.93. The van der Waals surface area contributed by atoms with E-state index in [0.29, 0.717) is 43.2 Å². The Hall–Kier alpha value is -2.81. The maximum absolute atomic E-state index is 13.1. The fraction of sp³-hybridized carbons (Fsp3) is 0.478. The fourth-order valence-corrected chi connectivity index (χ4v) is 4.29. The minimum absolute atomic E-state index is 0.113. The molecule has 6 nitrogen and oxygen atoms in total. The molecule has 2 heterocycles. The average molecular weight is 448 g/mol. The van der Waals surface area contributed by atoms with E-state index in [2.05, 4.69) is 22.4 Å². The van der Waals surface area contributed by atoms with Crippen molar-refractivity contribution in [1.82, 2.24) is 9.80 Å². The first kappa shape index (κ1) is 22.4. The van der Waals surface area contributed by atoms with E-state index in [1.165, 1.54) is 12.1 Å². The van der Waals surface area contributed by atoms with E-state index in [1.54, 1.807) is 0 Å². The highest BCUT2D eigenvalue weighted by molar-refractivity contribution is 6.06. The number of nitrogens with one attached hydrogen (secondary N) is 1. The smallest absolute Gasteiger partial charge is 0.416 e. The molecule has 1 aliphatic heterocycles. The molecule has 1 aliphatic carbocycles. The van der Waals surface area contributed by atoms with Gasteiger partial charge in [-0.1, -0.05) is 13.0 Å². The summed E-state index contributed by atoms with van der Waals surface area (Å²) in [5.74, 6) is 0.945. The van der Waals surface area contributed by atoms with E-state index < -0.39 is 11.7 Å². The average Bonchev–Trinajstić information content (AvgIpc) is 3.14. The number of halogens is 3. The molecule has 1 aromatic heterocycles. The van der Waals surface area contributed by atoms with Crippen LogP contribution < -0.4 is 5.43 Å². The number of rotatable bonds is 4. The fourth-order valence-electron chi connectivity index (χ4n) is 4.29. The summed E-state index contributed by atoms with van der Waals surface area (Å²) in [6.07, 6.45) is -2.26. The highest BCUT2D eigenvalue weighted by Crippen LogP contribution is 2.32. The van der Waals surface area contributed by atoms with E-state index >= 15 is 0 Å². The SMILES string of the molecule is CCN1CCN(C(=O)c2oc3c(c2C)/C(=N/Nc2cccc(C(F)(F)F)c2)CCC3)CC1. The Bertz CT molecular complexity index is 1020. The maximum Gasteiger partial charge on any atom is 0.416 e. The van der Waals surface area contributed by atoms with Crippen LogP contribution in [0.4, 0.5) is 18.9 Å². The van der Waals surface area contributed by atoms with Crippen molar-refractivity contribution in [1.29, 1.82) is 0 Å². The molecule has 32 heavy (non-hydrogen) atoms. The van der Waals surface area contributed by atoms with Crippen molar-refractivity contribution in [2.75, 3.05) is 38.1 Å². The first-order valence-corrected chi connectivity index (χ1v) is 10.9. The van der Waals surface area contributed by atoms with Gasteiger partial charge in [-0.2, -0.15) is 18.3 Å². The molecule has 0 unspecified atom stereocenters. The van der Waals surface area contributed by atoms with Crippen LogP contribution in [-0.4, -0.2) is 54.1 Å². The summed E-state index contributed by atoms with van der Waals surface area (Å²) in [4.78, 5) is 17.2. The van der Waals surface area contributed by atoms with Gasteiger partial charge in [-0.05, 0) is 44.5 Å². The molecule has 0 atom stereocenters. The number of hydrogen-bond acceptors (Lipinski definition) is 5. The second-order valence-electron chi connectivity index (χ2n) is 8.18. The largest absolute Gasteiger partial charge is 0.455 e. The molecule has 1 aromatic carbocycles. The number of aryl methyl sites for hydroxylation is 1. The zero-order valence-corrected chi connectivity index (χ0v) is 18.3. The normalized spacial score (nSPS) is 18.7. The molecular formula is C23H27F3N4O2. The lowest BCUT2D eigenvalue weighted by Crippen LogP contribution is -2.48. The van der Waals surface area contributed by atoms with Gasteiger partial charge in [0.25, 0.3) is 5.91 Å². The lowest BCUT2D eigenvalue weighted by atomic mass is 9.93. The molecule has 0 saturated carbocycles. The van der Waals surface area contributed by atoms with Gasteiger partial charge in [-0.25, -0.2) is 0 Å². The molecule has 172 valence electrons. The first-order valence-electron chi connectivity index (χ1n) is 10.9. The minimum Gasteiger partial charge on any atom is -0.455 e. The molecule has 0 radical (unpaired) electrons. The van der Waals surface area contributed by atoms with Crippen molar-refractivity contribution in [2.45, 2.75) is 39.3 Å². The Morgan fingerprint density at radius 1 is 1.19 bits per heavy atom. The number of carbonyl (C=O) groups excluding carboxylic acids is 1. The summed E-state index contributed by atoms with van der Waals surface area (Å²) in [5.41, 5.74) is 4.51. The van der Waals surface area contributed by atoms with Crippen LogP contribution in [0, 0.1) is 6.92 Å². The number of piperazine rings is 1. The summed E-state index contributed by atoms with van der Waals surface area (Å²) in [7, 11) is 0. The molecule has 1 amide bonds. The Morgan fingerprint density at radius 3 is 2.62 bits per heavy atom. The summed E-state index contributed by atoms with van der Waals surface area (Å²) in [5, 5.41) is 4.39. The van der Waals surface area contributed by atoms with Gasteiger partial charge in [0.15, 0.2) is 5.76 Å². The number of nitrogens with zero attached hydrogens (tertiary/aromatic N) is 3. The number of anilines is 1. The van der Waals surface area contributed by atoms with Crippen LogP contribution in [0.5, 0.6) is 0 Å². The predicted octanol–water partition coefficient (Wildman–Crippen LogP) is 4.54. The topological polar surface area (TPSA) is 61.1 Å². The number of benzene rings is 1. The van der Waals surface area contributed by atoms with Crippen molar-refractivity contribution < 1.29 is 22.4 Å². The number of carbonyl (C=O) groups is 1. The highest BCUT2D eigenvalue weighted by atomic mass is 19.4. The van der Waals surface area contributed by atoms with Crippen LogP contribution in [0.3, 0.4) is 0 Å². The van der Waals surface area contributed by atoms with Gasteiger partial charge in [-0.3, -0.25) is 10.2 Å². The standard InChI is InChI=1S/C23H27F3N4O2/c1-3-29-10-12-30(13-11-29)22(31)21-15(2)20-18(8-5-9-19(20)32-21)28-27-17-7-4-6-16(14-17)23(24,25)26/h4,6-7,14,27H,3,5,8-13H2,1-2H3/b28-18+. The number of fused-ring (bicyclic) bond motifs is 1. The van der Waals surface area contributed by atoms with Crippen LogP contribution in [0.1, 0.15) is 52.8 Å². The second-order valence-corrected chi connectivity index (χ2v) is 8.18. The monoisotopic (exact) mass is 448 g/mol. The van der Waals surface area contributed by atoms with Crippen LogP contribution in [0.15, 0.2) is 33.8 Å². The third kappa shape index (κ3) is 4.53. The Morgan fingerprint density at radius 2 is 1.94 bits per heavy atom. The number of likely N-dealkylation sites (N-methyl/N-ethyl adjacent to an activating group) is 1. The molecule has 2 aliphatic rings. The van der Waals surface area contributed by atoms with Gasteiger partial charge in [0.2, 0.25) is 0 Å². The number of alkyl halides is 3. The number of furan rings is 1. The van der Waals surface area contributed by atoms with E-state index in [0.717, 1.165) is 49.3 Å². The van der Waals surface area contributed by atoms with Crippen molar-refractivity contribution >= 4 is 17.3 Å². The van der Waals surface area contributed by atoms with Crippen molar-refractivity contribution in [3.63, 3.8) is 0 Å². The zero-order chi connectivity index (χ0) is 22.9. The Kier molecular flexibility index (Phi) is 6.28. The second kappa shape index (κ2) is 8.97. The Labute approximate surface area is 185 Å². The molecule has 2 aromatic rings. The lowest BCUT2D eigenvalue weighted by Gasteiger charge is -2.33. The Balaban J connectivity index is 1.55. The van der Waals surface area contributed by atoms with Crippen molar-refractivity contribution in [3.05, 3.63) is 52.5 Å². The van der Waals surface area contributed by atoms with Gasteiger partial charge in [0.05, 0.1) is 17.0 Å². The number of hydrazone groups is 1. The van der Waals surface area contributed by atoms with Crippen LogP contribution in [0.2, 0.25) is 0 Å². The van der Waals surface area contributed by atoms with Crippen molar-refractivity contribution in [2.24, 2.45) is 5.10 Å². The third-order valence-corrected chi connectivity index (χ3v) is 6.14. The molecule has 0 spiro atoms. The maximum atomic E-state index is 13.1. The van der Waals surface area contributed by atoms with E-state index in [4.69, 9.17) is 4.42 Å². The van der Waals surface area contributed by atoms with Gasteiger partial charge in [0.1, 0.15) is 5.76 Å². The van der Waals surface area contributed by atoms with E-state index in [-0.39, 0.29) is 11.6 Å². The third-order valence-electron chi connectivity index (χ3n) is 6.14. The summed E-state index contributed by atoms with van der Waals surface area (Å²) < 4.78 is 44.9. The number of amides is 1. The van der Waals surface area contributed by atoms with Gasteiger partial charge >= 0.3 is 6.18 Å². The quantitative estimate of drug-likeness (QED) is 0.698. The molecule has 4 rings (SSSR count). The van der Waals surface area contributed by atoms with Gasteiger partial charge in [-0.15, -0.1) is 0 Å². The van der Waals surface area contributed by atoms with Crippen molar-refractivity contribution in [3.8, 4) is 0 Å². The predicted molar refractivity (Wildman–Crippen MR) is 116 cm³/mol. The van der Waals surface area contributed by atoms with Crippen LogP contribution >= 0.6 is 0 Å². The molecule has 9 heteroatoms. The molecule has 1 N–H and O–H groups in total. The number of hydrogen-bond donors (Lipinski definition) is 1. The van der Waals surface area contributed by atoms with E-state index in [1.807, 2.05) is 11.8 Å². The van der Waals surface area contributed by atoms with Gasteiger partial charge < -0.3 is 14.2 Å². The molecule has 1 fully saturated rings. The van der Waals surface area contributed by atoms with E-state index in [9.17, 15) is 18.0 Å². The molecule has 1 saturated heterocycles. The lowest BCUT2D eigenvalue weighted by molar-refractivity contribution is -0.137. The summed E-state index contributed by atoms with van der Waals surface area (Å²) in [6.45, 7) is 7.93. The summed E-state index contributed by atoms with van der Waals surface area (Å²) >= 11 is 0. The first-order chi connectivity index (χ1) is 15.3.